The van der Waals surface area contributed by atoms with Crippen molar-refractivity contribution < 1.29 is 4.74 Å². The largest absolute Gasteiger partial charge is 0.381 e. The summed E-state index contributed by atoms with van der Waals surface area (Å²) in [6.07, 6.45) is 9.34. The first-order valence-electron chi connectivity index (χ1n) is 5.75. The van der Waals surface area contributed by atoms with Crippen LogP contribution in [0.15, 0.2) is 0 Å². The molecule has 4 rings (SSSR count). The monoisotopic (exact) mass is 180 g/mol. The molecule has 2 bridgehead atoms. The highest BCUT2D eigenvalue weighted by Crippen LogP contribution is 2.73. The molecule has 1 heteroatoms. The first-order valence-corrected chi connectivity index (χ1v) is 5.75. The molecule has 4 saturated carbocycles. The molecule has 4 fully saturated rings. The summed E-state index contributed by atoms with van der Waals surface area (Å²) in [5, 5.41) is 0. The Hall–Kier alpha value is -0.0400. The predicted molar refractivity (Wildman–Crippen MR) is 52.5 cm³/mol. The molecule has 0 amide bonds. The zero-order valence-electron chi connectivity index (χ0n) is 8.81. The van der Waals surface area contributed by atoms with Crippen molar-refractivity contribution >= 4 is 0 Å². The summed E-state index contributed by atoms with van der Waals surface area (Å²) in [4.78, 5) is 0. The minimum Gasteiger partial charge on any atom is -0.381 e. The van der Waals surface area contributed by atoms with Crippen molar-refractivity contribution in [1.29, 1.82) is 0 Å². The molecule has 74 valence electrons. The molecule has 0 saturated heterocycles. The Balaban J connectivity index is 1.89. The number of fused-ring (bicyclic) bond motifs is 2. The van der Waals surface area contributed by atoms with E-state index in [1.807, 2.05) is 7.11 Å². The Morgan fingerprint density at radius 2 is 2.00 bits per heavy atom. The molecule has 0 aromatic rings. The lowest BCUT2D eigenvalue weighted by molar-refractivity contribution is -0.204. The number of rotatable bonds is 2. The molecule has 0 aromatic carbocycles. The second kappa shape index (κ2) is 2.31. The predicted octanol–water partition coefficient (Wildman–Crippen LogP) is 2.99. The van der Waals surface area contributed by atoms with Crippen LogP contribution < -0.4 is 0 Å². The Morgan fingerprint density at radius 1 is 1.23 bits per heavy atom. The van der Waals surface area contributed by atoms with Crippen LogP contribution in [0.3, 0.4) is 0 Å². The molecule has 13 heavy (non-hydrogen) atoms. The van der Waals surface area contributed by atoms with Gasteiger partial charge in [-0.05, 0) is 43.4 Å². The molecule has 0 heterocycles. The van der Waals surface area contributed by atoms with Gasteiger partial charge in [0, 0.05) is 12.5 Å². The van der Waals surface area contributed by atoms with Crippen molar-refractivity contribution in [3.05, 3.63) is 0 Å². The average Bonchev–Trinajstić information content (AvgIpc) is 2.86. The van der Waals surface area contributed by atoms with Crippen LogP contribution in [0.2, 0.25) is 0 Å². The van der Waals surface area contributed by atoms with Gasteiger partial charge in [-0.25, -0.2) is 0 Å². The number of hydrogen-bond donors (Lipinski definition) is 0. The van der Waals surface area contributed by atoms with Crippen LogP contribution in [0.5, 0.6) is 0 Å². The molecule has 0 aliphatic heterocycles. The minimum atomic E-state index is 0.616. The van der Waals surface area contributed by atoms with Crippen LogP contribution in [-0.2, 0) is 4.74 Å². The van der Waals surface area contributed by atoms with Crippen LogP contribution in [0, 0.1) is 16.7 Å². The molecular weight excluding hydrogens is 160 g/mol. The Bertz CT molecular complexity index is 227. The van der Waals surface area contributed by atoms with Crippen molar-refractivity contribution in [2.75, 3.05) is 7.11 Å². The van der Waals surface area contributed by atoms with E-state index in [2.05, 4.69) is 6.92 Å². The standard InChI is InChI=1S/C12H20O/c1-11(6-7-11)12-5-3-4-9(8-12)10(12)13-2/h9-10H,3-8H2,1-2H3. The summed E-state index contributed by atoms with van der Waals surface area (Å²) in [7, 11) is 1.92. The van der Waals surface area contributed by atoms with Crippen LogP contribution in [0.1, 0.15) is 45.4 Å². The van der Waals surface area contributed by atoms with E-state index in [0.717, 1.165) is 5.92 Å². The van der Waals surface area contributed by atoms with E-state index in [9.17, 15) is 0 Å². The average molecular weight is 180 g/mol. The quantitative estimate of drug-likeness (QED) is 0.634. The fraction of sp³-hybridized carbons (Fsp3) is 1.00. The maximum atomic E-state index is 5.72. The lowest BCUT2D eigenvalue weighted by Gasteiger charge is -2.62. The third kappa shape index (κ3) is 0.823. The van der Waals surface area contributed by atoms with Gasteiger partial charge in [0.2, 0.25) is 0 Å². The van der Waals surface area contributed by atoms with Crippen LogP contribution in [0.4, 0.5) is 0 Å². The summed E-state index contributed by atoms with van der Waals surface area (Å²) >= 11 is 0. The van der Waals surface area contributed by atoms with Gasteiger partial charge in [-0.2, -0.15) is 0 Å². The van der Waals surface area contributed by atoms with Gasteiger partial charge in [-0.1, -0.05) is 13.3 Å². The zero-order chi connectivity index (χ0) is 9.10. The summed E-state index contributed by atoms with van der Waals surface area (Å²) in [5.74, 6) is 0.913. The molecule has 0 N–H and O–H groups in total. The molecule has 0 aromatic heterocycles. The third-order valence-electron chi connectivity index (χ3n) is 5.25. The molecule has 0 radical (unpaired) electrons. The highest BCUT2D eigenvalue weighted by molar-refractivity contribution is 5.17. The van der Waals surface area contributed by atoms with E-state index in [1.54, 1.807) is 0 Å². The second-order valence-electron chi connectivity index (χ2n) is 5.73. The topological polar surface area (TPSA) is 9.23 Å². The summed E-state index contributed by atoms with van der Waals surface area (Å²) in [6.45, 7) is 2.49. The summed E-state index contributed by atoms with van der Waals surface area (Å²) < 4.78 is 5.72. The van der Waals surface area contributed by atoms with Crippen molar-refractivity contribution in [1.82, 2.24) is 0 Å². The molecule has 3 atom stereocenters. The van der Waals surface area contributed by atoms with E-state index in [1.165, 1.54) is 38.5 Å². The van der Waals surface area contributed by atoms with Gasteiger partial charge >= 0.3 is 0 Å². The lowest BCUT2D eigenvalue weighted by atomic mass is 9.46. The van der Waals surface area contributed by atoms with E-state index >= 15 is 0 Å². The normalized spacial score (nSPS) is 51.2. The maximum Gasteiger partial charge on any atom is 0.0661 e. The molecular formula is C12H20O. The van der Waals surface area contributed by atoms with Crippen LogP contribution in [-0.4, -0.2) is 13.2 Å². The number of methoxy groups -OCH3 is 1. The molecule has 4 aliphatic carbocycles. The highest BCUT2D eigenvalue weighted by Gasteiger charge is 2.68. The molecule has 4 aliphatic rings. The van der Waals surface area contributed by atoms with Crippen molar-refractivity contribution in [2.45, 2.75) is 51.6 Å². The van der Waals surface area contributed by atoms with Gasteiger partial charge in [-0.15, -0.1) is 0 Å². The second-order valence-corrected chi connectivity index (χ2v) is 5.73. The van der Waals surface area contributed by atoms with Crippen molar-refractivity contribution in [3.63, 3.8) is 0 Å². The fourth-order valence-electron chi connectivity index (χ4n) is 4.15. The number of ether oxygens (including phenoxy) is 1. The zero-order valence-corrected chi connectivity index (χ0v) is 8.81. The van der Waals surface area contributed by atoms with Crippen LogP contribution in [0.25, 0.3) is 0 Å². The van der Waals surface area contributed by atoms with E-state index in [-0.39, 0.29) is 0 Å². The maximum absolute atomic E-state index is 5.72. The number of hydrogen-bond acceptors (Lipinski definition) is 1. The molecule has 1 nitrogen and oxygen atoms in total. The third-order valence-corrected chi connectivity index (χ3v) is 5.25. The minimum absolute atomic E-state index is 0.616. The smallest absolute Gasteiger partial charge is 0.0661 e. The molecule has 0 spiro atoms. The highest BCUT2D eigenvalue weighted by atomic mass is 16.5. The first kappa shape index (κ1) is 8.28. The molecule has 3 unspecified atom stereocenters. The van der Waals surface area contributed by atoms with Crippen LogP contribution >= 0.6 is 0 Å². The van der Waals surface area contributed by atoms with Gasteiger partial charge in [0.05, 0.1) is 6.10 Å². The van der Waals surface area contributed by atoms with Crippen molar-refractivity contribution in [2.24, 2.45) is 16.7 Å². The fourth-order valence-corrected chi connectivity index (χ4v) is 4.15. The summed E-state index contributed by atoms with van der Waals surface area (Å²) in [5.41, 5.74) is 1.29. The van der Waals surface area contributed by atoms with E-state index < -0.39 is 0 Å². The SMILES string of the molecule is COC1C2CCCC1(C1(C)CC1)C2. The Morgan fingerprint density at radius 3 is 2.54 bits per heavy atom. The van der Waals surface area contributed by atoms with Gasteiger partial charge < -0.3 is 4.74 Å². The van der Waals surface area contributed by atoms with E-state index in [0.29, 0.717) is 16.9 Å². The van der Waals surface area contributed by atoms with Gasteiger partial charge in [-0.3, -0.25) is 0 Å². The Kier molecular flexibility index (Phi) is 1.47. The van der Waals surface area contributed by atoms with Gasteiger partial charge in [0.25, 0.3) is 0 Å². The lowest BCUT2D eigenvalue weighted by Crippen LogP contribution is -2.60. The van der Waals surface area contributed by atoms with E-state index in [4.69, 9.17) is 4.74 Å². The van der Waals surface area contributed by atoms with Gasteiger partial charge in [0.15, 0.2) is 0 Å². The summed E-state index contributed by atoms with van der Waals surface area (Å²) in [6, 6.07) is 0. The van der Waals surface area contributed by atoms with Gasteiger partial charge in [0.1, 0.15) is 0 Å². The first-order chi connectivity index (χ1) is 6.22. The Labute approximate surface area is 80.8 Å². The van der Waals surface area contributed by atoms with Crippen molar-refractivity contribution in [3.8, 4) is 0 Å².